The fourth-order valence-corrected chi connectivity index (χ4v) is 2.65. The Bertz CT molecular complexity index is 787. The second-order valence-corrected chi connectivity index (χ2v) is 5.55. The molecule has 0 aliphatic carbocycles. The molecule has 0 radical (unpaired) electrons. The molecule has 1 aromatic carbocycles. The number of aromatic nitrogens is 3. The van der Waals surface area contributed by atoms with Crippen LogP contribution in [-0.2, 0) is 13.0 Å². The van der Waals surface area contributed by atoms with Crippen LogP contribution in [0.25, 0.3) is 11.0 Å². The van der Waals surface area contributed by atoms with E-state index in [0.29, 0.717) is 17.2 Å². The molecule has 4 nitrogen and oxygen atoms in total. The number of rotatable bonds is 3. The predicted molar refractivity (Wildman–Crippen MR) is 79.8 cm³/mol. The van der Waals surface area contributed by atoms with Crippen LogP contribution in [0.15, 0.2) is 33.3 Å². The van der Waals surface area contributed by atoms with Crippen LogP contribution in [0.3, 0.4) is 0 Å². The Hall–Kier alpha value is -1.40. The van der Waals surface area contributed by atoms with Gasteiger partial charge in [0.25, 0.3) is 0 Å². The average molecular weight is 338 g/mol. The minimum absolute atomic E-state index is 0.542. The first-order chi connectivity index (χ1) is 9.17. The Balaban J connectivity index is 2.05. The van der Waals surface area contributed by atoms with E-state index in [0.717, 1.165) is 27.7 Å². The first-order valence-electron chi connectivity index (χ1n) is 5.99. The zero-order valence-corrected chi connectivity index (χ0v) is 12.7. The van der Waals surface area contributed by atoms with Gasteiger partial charge >= 0.3 is 0 Å². The fourth-order valence-electron chi connectivity index (χ4n) is 2.01. The van der Waals surface area contributed by atoms with Crippen LogP contribution in [0.4, 0.5) is 0 Å². The Morgan fingerprint density at radius 1 is 1.47 bits per heavy atom. The number of halogens is 1. The number of aryl methyl sites for hydroxylation is 1. The van der Waals surface area contributed by atoms with Gasteiger partial charge in [-0.2, -0.15) is 0 Å². The molecule has 0 atom stereocenters. The summed E-state index contributed by atoms with van der Waals surface area (Å²) in [5.41, 5.74) is 2.05. The van der Waals surface area contributed by atoms with Gasteiger partial charge in [-0.15, -0.1) is 0 Å². The highest BCUT2D eigenvalue weighted by Gasteiger charge is 2.09. The fraction of sp³-hybridized carbons (Fsp3) is 0.231. The topological polar surface area (TPSA) is 46.8 Å². The minimum atomic E-state index is 0.542. The van der Waals surface area contributed by atoms with Crippen molar-refractivity contribution in [2.45, 2.75) is 19.9 Å². The van der Waals surface area contributed by atoms with E-state index in [2.05, 4.69) is 25.9 Å². The smallest absolute Gasteiger partial charge is 0.214 e. The Kier molecular flexibility index (Phi) is 3.28. The third-order valence-electron chi connectivity index (χ3n) is 2.98. The largest absolute Gasteiger partial charge is 0.444 e. The normalized spacial score (nSPS) is 11.3. The van der Waals surface area contributed by atoms with E-state index < -0.39 is 0 Å². The SMILES string of the molecule is CCc1cnc(Cn2c(=S)[nH]c3cc(Br)ccc32)o1. The van der Waals surface area contributed by atoms with Gasteiger partial charge in [-0.05, 0) is 30.4 Å². The maximum absolute atomic E-state index is 5.63. The van der Waals surface area contributed by atoms with Gasteiger partial charge in [0.2, 0.25) is 5.89 Å². The molecule has 0 aliphatic heterocycles. The lowest BCUT2D eigenvalue weighted by atomic mass is 10.3. The summed E-state index contributed by atoms with van der Waals surface area (Å²) < 4.78 is 9.31. The Labute approximate surface area is 123 Å². The van der Waals surface area contributed by atoms with Crippen LogP contribution in [0.1, 0.15) is 18.6 Å². The molecule has 0 amide bonds. The summed E-state index contributed by atoms with van der Waals surface area (Å²) in [6.45, 7) is 2.58. The maximum atomic E-state index is 5.63. The number of hydrogen-bond donors (Lipinski definition) is 1. The van der Waals surface area contributed by atoms with Crippen LogP contribution in [0, 0.1) is 4.77 Å². The molecule has 19 heavy (non-hydrogen) atoms. The molecule has 3 aromatic rings. The summed E-state index contributed by atoms with van der Waals surface area (Å²) in [5.74, 6) is 1.57. The third kappa shape index (κ3) is 2.37. The zero-order chi connectivity index (χ0) is 13.4. The lowest BCUT2D eigenvalue weighted by Gasteiger charge is -2.01. The number of aromatic amines is 1. The van der Waals surface area contributed by atoms with E-state index in [1.165, 1.54) is 0 Å². The van der Waals surface area contributed by atoms with Crippen molar-refractivity contribution >= 4 is 39.2 Å². The van der Waals surface area contributed by atoms with Crippen LogP contribution in [0.2, 0.25) is 0 Å². The molecule has 0 aliphatic rings. The van der Waals surface area contributed by atoms with Crippen molar-refractivity contribution in [1.29, 1.82) is 0 Å². The van der Waals surface area contributed by atoms with Crippen LogP contribution in [-0.4, -0.2) is 14.5 Å². The number of nitrogens with one attached hydrogen (secondary N) is 1. The monoisotopic (exact) mass is 337 g/mol. The van der Waals surface area contributed by atoms with Crippen LogP contribution < -0.4 is 0 Å². The number of imidazole rings is 1. The molecular formula is C13H12BrN3OS. The predicted octanol–water partition coefficient (Wildman–Crippen LogP) is 4.06. The molecule has 0 saturated carbocycles. The number of hydrogen-bond acceptors (Lipinski definition) is 3. The maximum Gasteiger partial charge on any atom is 0.214 e. The molecule has 0 bridgehead atoms. The van der Waals surface area contributed by atoms with E-state index in [9.17, 15) is 0 Å². The summed E-state index contributed by atoms with van der Waals surface area (Å²) in [6.07, 6.45) is 2.61. The second-order valence-electron chi connectivity index (χ2n) is 4.25. The van der Waals surface area contributed by atoms with Crippen LogP contribution >= 0.6 is 28.1 Å². The molecule has 98 valence electrons. The minimum Gasteiger partial charge on any atom is -0.444 e. The number of benzene rings is 1. The number of H-pyrrole nitrogens is 1. The van der Waals surface area contributed by atoms with E-state index >= 15 is 0 Å². The van der Waals surface area contributed by atoms with Gasteiger partial charge < -0.3 is 14.0 Å². The summed E-state index contributed by atoms with van der Waals surface area (Å²) >= 11 is 8.80. The van der Waals surface area contributed by atoms with Crippen molar-refractivity contribution in [1.82, 2.24) is 14.5 Å². The quantitative estimate of drug-likeness (QED) is 0.733. The molecule has 0 fully saturated rings. The van der Waals surface area contributed by atoms with Crippen molar-refractivity contribution in [3.8, 4) is 0 Å². The van der Waals surface area contributed by atoms with Gasteiger partial charge in [-0.25, -0.2) is 4.98 Å². The molecular weight excluding hydrogens is 326 g/mol. The van der Waals surface area contributed by atoms with Crippen molar-refractivity contribution in [2.24, 2.45) is 0 Å². The van der Waals surface area contributed by atoms with Crippen molar-refractivity contribution in [2.75, 3.05) is 0 Å². The first-order valence-corrected chi connectivity index (χ1v) is 7.19. The lowest BCUT2D eigenvalue weighted by molar-refractivity contribution is 0.447. The third-order valence-corrected chi connectivity index (χ3v) is 3.80. The zero-order valence-electron chi connectivity index (χ0n) is 10.3. The van der Waals surface area contributed by atoms with Crippen LogP contribution in [0.5, 0.6) is 0 Å². The highest BCUT2D eigenvalue weighted by molar-refractivity contribution is 9.10. The van der Waals surface area contributed by atoms with Crippen molar-refractivity contribution in [3.05, 3.63) is 45.3 Å². The van der Waals surface area contributed by atoms with E-state index in [1.807, 2.05) is 29.7 Å². The van der Waals surface area contributed by atoms with Gasteiger partial charge in [-0.1, -0.05) is 22.9 Å². The van der Waals surface area contributed by atoms with E-state index in [-0.39, 0.29) is 0 Å². The van der Waals surface area contributed by atoms with Gasteiger partial charge in [0, 0.05) is 10.9 Å². The van der Waals surface area contributed by atoms with E-state index in [1.54, 1.807) is 6.20 Å². The van der Waals surface area contributed by atoms with Crippen molar-refractivity contribution in [3.63, 3.8) is 0 Å². The van der Waals surface area contributed by atoms with Gasteiger partial charge in [-0.3, -0.25) is 0 Å². The molecule has 3 rings (SSSR count). The second kappa shape index (κ2) is 4.94. The molecule has 1 N–H and O–H groups in total. The Morgan fingerprint density at radius 2 is 2.32 bits per heavy atom. The molecule has 6 heteroatoms. The summed E-state index contributed by atoms with van der Waals surface area (Å²) in [5, 5.41) is 0. The van der Waals surface area contributed by atoms with E-state index in [4.69, 9.17) is 16.6 Å². The van der Waals surface area contributed by atoms with Gasteiger partial charge in [0.15, 0.2) is 4.77 Å². The summed E-state index contributed by atoms with van der Waals surface area (Å²) in [4.78, 5) is 7.46. The Morgan fingerprint density at radius 3 is 3.05 bits per heavy atom. The molecule has 2 heterocycles. The van der Waals surface area contributed by atoms with Crippen molar-refractivity contribution < 1.29 is 4.42 Å². The number of oxazole rings is 1. The highest BCUT2D eigenvalue weighted by Crippen LogP contribution is 2.20. The molecule has 0 saturated heterocycles. The first kappa shape index (κ1) is 12.6. The highest BCUT2D eigenvalue weighted by atomic mass is 79.9. The molecule has 0 spiro atoms. The standard InChI is InChI=1S/C13H12BrN3OS/c1-2-9-6-15-12(18-9)7-17-11-4-3-8(14)5-10(11)16-13(17)19/h3-6H,2,7H2,1H3,(H,16,19). The average Bonchev–Trinajstić information content (AvgIpc) is 2.95. The molecule has 0 unspecified atom stereocenters. The summed E-state index contributed by atoms with van der Waals surface area (Å²) in [7, 11) is 0. The number of nitrogens with zero attached hydrogens (tertiary/aromatic N) is 2. The lowest BCUT2D eigenvalue weighted by Crippen LogP contribution is -1.99. The molecule has 2 aromatic heterocycles. The van der Waals surface area contributed by atoms with Gasteiger partial charge in [0.1, 0.15) is 12.3 Å². The summed E-state index contributed by atoms with van der Waals surface area (Å²) in [6, 6.07) is 6.03. The number of fused-ring (bicyclic) bond motifs is 1. The van der Waals surface area contributed by atoms with Gasteiger partial charge in [0.05, 0.1) is 17.2 Å².